The van der Waals surface area contributed by atoms with Gasteiger partial charge in [-0.05, 0) is 32.0 Å². The molecule has 0 unspecified atom stereocenters. The summed E-state index contributed by atoms with van der Waals surface area (Å²) in [4.78, 5) is 10.7. The molecule has 0 bridgehead atoms. The van der Waals surface area contributed by atoms with Crippen LogP contribution in [0.25, 0.3) is 22.4 Å². The van der Waals surface area contributed by atoms with Crippen molar-refractivity contribution in [2.24, 2.45) is 7.05 Å². The second-order valence-electron chi connectivity index (χ2n) is 8.46. The van der Waals surface area contributed by atoms with Gasteiger partial charge in [0.15, 0.2) is 5.82 Å². The molecule has 1 fully saturated rings. The van der Waals surface area contributed by atoms with Gasteiger partial charge in [0, 0.05) is 33.2 Å². The lowest BCUT2D eigenvalue weighted by molar-refractivity contribution is 0.103. The van der Waals surface area contributed by atoms with Gasteiger partial charge in [-0.15, -0.1) is 0 Å². The quantitative estimate of drug-likeness (QED) is 0.643. The molecule has 8 nitrogen and oxygen atoms in total. The Morgan fingerprint density at radius 1 is 1.16 bits per heavy atom. The highest BCUT2D eigenvalue weighted by atomic mass is 32.2. The highest BCUT2D eigenvalue weighted by molar-refractivity contribution is 7.89. The van der Waals surface area contributed by atoms with Crippen molar-refractivity contribution in [3.8, 4) is 11.4 Å². The van der Waals surface area contributed by atoms with E-state index in [9.17, 15) is 17.9 Å². The summed E-state index contributed by atoms with van der Waals surface area (Å²) in [6, 6.07) is 9.27. The van der Waals surface area contributed by atoms with Crippen molar-refractivity contribution in [2.45, 2.75) is 19.4 Å². The van der Waals surface area contributed by atoms with E-state index in [-0.39, 0.29) is 18.8 Å². The zero-order valence-electron chi connectivity index (χ0n) is 17.8. The normalized spacial score (nSPS) is 16.2. The summed E-state index contributed by atoms with van der Waals surface area (Å²) < 4.78 is 42.9. The molecule has 3 heterocycles. The highest BCUT2D eigenvalue weighted by Gasteiger charge is 2.32. The van der Waals surface area contributed by atoms with Crippen molar-refractivity contribution < 1.29 is 17.9 Å². The fourth-order valence-corrected chi connectivity index (χ4v) is 5.69. The second kappa shape index (κ2) is 7.85. The number of nitrogens with zero attached hydrogens (tertiary/aromatic N) is 5. The first-order valence-electron chi connectivity index (χ1n) is 10.1. The number of fused-ring (bicyclic) bond motifs is 1. The molecule has 2 aromatic heterocycles. The monoisotopic (exact) mass is 447 g/mol. The van der Waals surface area contributed by atoms with Crippen LogP contribution in [0.15, 0.2) is 36.5 Å². The van der Waals surface area contributed by atoms with Gasteiger partial charge >= 0.3 is 0 Å². The Labute approximate surface area is 181 Å². The number of anilines is 1. The van der Waals surface area contributed by atoms with Crippen molar-refractivity contribution in [2.75, 3.05) is 36.8 Å². The van der Waals surface area contributed by atoms with Crippen LogP contribution in [0, 0.1) is 5.82 Å². The number of imidazole rings is 1. The minimum atomic E-state index is -3.56. The second-order valence-corrected chi connectivity index (χ2v) is 10.4. The first-order chi connectivity index (χ1) is 14.5. The summed E-state index contributed by atoms with van der Waals surface area (Å²) in [6.45, 7) is 4.35. The molecule has 0 amide bonds. The molecule has 1 saturated heterocycles. The number of benzene rings is 1. The van der Waals surface area contributed by atoms with E-state index in [1.165, 1.54) is 24.3 Å². The van der Waals surface area contributed by atoms with Crippen molar-refractivity contribution >= 4 is 26.9 Å². The molecule has 31 heavy (non-hydrogen) atoms. The van der Waals surface area contributed by atoms with Crippen LogP contribution in [-0.2, 0) is 17.1 Å². The van der Waals surface area contributed by atoms with Gasteiger partial charge in [0.25, 0.3) is 0 Å². The van der Waals surface area contributed by atoms with Crippen LogP contribution in [-0.4, -0.2) is 69.9 Å². The van der Waals surface area contributed by atoms with Gasteiger partial charge < -0.3 is 14.6 Å². The van der Waals surface area contributed by atoms with Gasteiger partial charge in [-0.2, -0.15) is 4.31 Å². The number of aliphatic hydroxyl groups is 1. The lowest BCUT2D eigenvalue weighted by atomic mass is 10.2. The fourth-order valence-electron chi connectivity index (χ4n) is 3.89. The smallest absolute Gasteiger partial charge is 0.217 e. The van der Waals surface area contributed by atoms with Gasteiger partial charge in [-0.3, -0.25) is 0 Å². The first kappa shape index (κ1) is 21.7. The minimum absolute atomic E-state index is 0.277. The molecular weight excluding hydrogens is 421 g/mol. The number of pyridine rings is 1. The van der Waals surface area contributed by atoms with Crippen LogP contribution in [0.5, 0.6) is 0 Å². The number of rotatable bonds is 5. The number of piperazine rings is 1. The van der Waals surface area contributed by atoms with Crippen LogP contribution >= 0.6 is 0 Å². The number of para-hydroxylation sites is 2. The predicted molar refractivity (Wildman–Crippen MR) is 118 cm³/mol. The summed E-state index contributed by atoms with van der Waals surface area (Å²) in [5.41, 5.74) is 0.736. The standard InChI is InChI=1S/C21H26FN5O3S/c1-21(2,28)14-31(29,30)27-10-8-26(9-11-27)19-12-15(16(22)13-23-19)20-24-17-6-4-5-7-18(17)25(20)3/h4-7,12-13,28H,8-11,14H2,1-3H3. The SMILES string of the molecule is Cn1c(-c2cc(N3CCN(S(=O)(=O)CC(C)(C)O)CC3)ncc2F)nc2ccccc21. The van der Waals surface area contributed by atoms with Crippen LogP contribution < -0.4 is 4.90 Å². The summed E-state index contributed by atoms with van der Waals surface area (Å²) in [5.74, 6) is 0.288. The molecule has 0 atom stereocenters. The number of aryl methyl sites for hydroxylation is 1. The molecule has 10 heteroatoms. The third-order valence-electron chi connectivity index (χ3n) is 5.36. The van der Waals surface area contributed by atoms with Gasteiger partial charge in [-0.25, -0.2) is 22.8 Å². The Morgan fingerprint density at radius 2 is 1.84 bits per heavy atom. The van der Waals surface area contributed by atoms with Gasteiger partial charge in [0.2, 0.25) is 10.0 Å². The number of hydrogen-bond acceptors (Lipinski definition) is 6. The molecule has 0 aliphatic carbocycles. The maximum absolute atomic E-state index is 14.7. The molecule has 0 saturated carbocycles. The van der Waals surface area contributed by atoms with Crippen LogP contribution in [0.3, 0.4) is 0 Å². The van der Waals surface area contributed by atoms with Gasteiger partial charge in [-0.1, -0.05) is 12.1 Å². The highest BCUT2D eigenvalue weighted by Crippen LogP contribution is 2.28. The Hall–Kier alpha value is -2.56. The Balaban J connectivity index is 1.57. The lowest BCUT2D eigenvalue weighted by Gasteiger charge is -2.35. The average molecular weight is 448 g/mol. The molecule has 166 valence electrons. The van der Waals surface area contributed by atoms with E-state index in [1.807, 2.05) is 40.8 Å². The largest absolute Gasteiger partial charge is 0.389 e. The minimum Gasteiger partial charge on any atom is -0.389 e. The van der Waals surface area contributed by atoms with E-state index in [0.29, 0.717) is 30.3 Å². The summed E-state index contributed by atoms with van der Waals surface area (Å²) in [6.07, 6.45) is 1.18. The molecule has 1 aromatic carbocycles. The topological polar surface area (TPSA) is 91.6 Å². The zero-order chi connectivity index (χ0) is 22.4. The summed E-state index contributed by atoms with van der Waals surface area (Å²) >= 11 is 0. The number of sulfonamides is 1. The summed E-state index contributed by atoms with van der Waals surface area (Å²) in [5, 5.41) is 9.88. The van der Waals surface area contributed by atoms with Crippen molar-refractivity contribution in [1.82, 2.24) is 18.8 Å². The number of halogens is 1. The molecule has 4 rings (SSSR count). The summed E-state index contributed by atoms with van der Waals surface area (Å²) in [7, 11) is -1.72. The molecule has 1 N–H and O–H groups in total. The molecule has 0 spiro atoms. The van der Waals surface area contributed by atoms with E-state index in [2.05, 4.69) is 9.97 Å². The predicted octanol–water partition coefficient (Wildman–Crippen LogP) is 2.00. The van der Waals surface area contributed by atoms with Crippen LogP contribution in [0.4, 0.5) is 10.2 Å². The van der Waals surface area contributed by atoms with Crippen molar-refractivity contribution in [3.63, 3.8) is 0 Å². The van der Waals surface area contributed by atoms with E-state index < -0.39 is 21.4 Å². The van der Waals surface area contributed by atoms with Crippen LogP contribution in [0.2, 0.25) is 0 Å². The maximum Gasteiger partial charge on any atom is 0.217 e. The molecule has 0 radical (unpaired) electrons. The van der Waals surface area contributed by atoms with E-state index >= 15 is 0 Å². The van der Waals surface area contributed by atoms with E-state index in [0.717, 1.165) is 11.0 Å². The maximum atomic E-state index is 14.7. The van der Waals surface area contributed by atoms with Crippen molar-refractivity contribution in [1.29, 1.82) is 0 Å². The Bertz CT molecular complexity index is 1210. The van der Waals surface area contributed by atoms with E-state index in [4.69, 9.17) is 0 Å². The first-order valence-corrected chi connectivity index (χ1v) is 11.7. The molecule has 1 aliphatic rings. The molecule has 1 aliphatic heterocycles. The number of aromatic nitrogens is 3. The van der Waals surface area contributed by atoms with E-state index in [1.54, 1.807) is 6.07 Å². The van der Waals surface area contributed by atoms with Gasteiger partial charge in [0.05, 0.1) is 34.1 Å². The van der Waals surface area contributed by atoms with Crippen molar-refractivity contribution in [3.05, 3.63) is 42.3 Å². The van der Waals surface area contributed by atoms with Crippen LogP contribution in [0.1, 0.15) is 13.8 Å². The Kier molecular flexibility index (Phi) is 5.48. The molecular formula is C21H26FN5O3S. The average Bonchev–Trinajstić information content (AvgIpc) is 3.03. The third kappa shape index (κ3) is 4.41. The zero-order valence-corrected chi connectivity index (χ0v) is 18.6. The number of hydrogen-bond donors (Lipinski definition) is 1. The third-order valence-corrected chi connectivity index (χ3v) is 7.58. The fraction of sp³-hybridized carbons (Fsp3) is 0.429. The molecule has 3 aromatic rings. The Morgan fingerprint density at radius 3 is 2.48 bits per heavy atom. The lowest BCUT2D eigenvalue weighted by Crippen LogP contribution is -2.51. The van der Waals surface area contributed by atoms with Gasteiger partial charge in [0.1, 0.15) is 11.6 Å².